The van der Waals surface area contributed by atoms with Crippen molar-refractivity contribution in [2.24, 2.45) is 0 Å². The molecule has 0 radical (unpaired) electrons. The number of hydrogen-bond acceptors (Lipinski definition) is 3. The average Bonchev–Trinajstić information content (AvgIpc) is 2.77. The van der Waals surface area contributed by atoms with Crippen molar-refractivity contribution >= 4 is 11.8 Å². The van der Waals surface area contributed by atoms with Gasteiger partial charge in [-0.2, -0.15) is 0 Å². The Bertz CT molecular complexity index is 280. The van der Waals surface area contributed by atoms with Crippen LogP contribution in [0.15, 0.2) is 0 Å². The van der Waals surface area contributed by atoms with Gasteiger partial charge >= 0.3 is 0 Å². The number of amides is 2. The predicted molar refractivity (Wildman–Crippen MR) is 53.0 cm³/mol. The summed E-state index contributed by atoms with van der Waals surface area (Å²) in [6, 6.07) is 0. The summed E-state index contributed by atoms with van der Waals surface area (Å²) < 4.78 is 0. The molecule has 0 saturated carbocycles. The molecule has 2 aliphatic rings. The summed E-state index contributed by atoms with van der Waals surface area (Å²) in [7, 11) is 0. The minimum absolute atomic E-state index is 0.0400. The summed E-state index contributed by atoms with van der Waals surface area (Å²) >= 11 is 0. The van der Waals surface area contributed by atoms with Crippen molar-refractivity contribution in [3.8, 4) is 0 Å². The first kappa shape index (κ1) is 10.4. The van der Waals surface area contributed by atoms with Gasteiger partial charge < -0.3 is 14.9 Å². The summed E-state index contributed by atoms with van der Waals surface area (Å²) in [6.45, 7) is 1.91. The van der Waals surface area contributed by atoms with Crippen LogP contribution < -0.4 is 0 Å². The average molecular weight is 212 g/mol. The molecule has 0 aromatic carbocycles. The van der Waals surface area contributed by atoms with Crippen LogP contribution in [0.4, 0.5) is 0 Å². The minimum atomic E-state index is -0.386. The van der Waals surface area contributed by atoms with Gasteiger partial charge in [-0.1, -0.05) is 0 Å². The lowest BCUT2D eigenvalue weighted by molar-refractivity contribution is -0.137. The second-order valence-corrected chi connectivity index (χ2v) is 4.20. The van der Waals surface area contributed by atoms with Crippen LogP contribution in [-0.4, -0.2) is 59.0 Å². The van der Waals surface area contributed by atoms with Crippen molar-refractivity contribution in [1.29, 1.82) is 0 Å². The van der Waals surface area contributed by atoms with Gasteiger partial charge in [0.15, 0.2) is 0 Å². The zero-order valence-corrected chi connectivity index (χ0v) is 8.69. The Morgan fingerprint density at radius 3 is 2.80 bits per heavy atom. The van der Waals surface area contributed by atoms with E-state index in [9.17, 15) is 14.7 Å². The SMILES string of the molecule is O=C1CCCN1CC(=O)N1CCC(O)C1. The molecule has 2 amide bonds. The summed E-state index contributed by atoms with van der Waals surface area (Å²) in [5, 5.41) is 9.29. The van der Waals surface area contributed by atoms with E-state index in [1.807, 2.05) is 0 Å². The fourth-order valence-corrected chi connectivity index (χ4v) is 2.10. The standard InChI is InChI=1S/C10H16N2O3/c13-8-3-5-12(6-8)10(15)7-11-4-1-2-9(11)14/h8,13H,1-7H2. The maximum Gasteiger partial charge on any atom is 0.242 e. The van der Waals surface area contributed by atoms with E-state index in [0.29, 0.717) is 32.5 Å². The third kappa shape index (κ3) is 2.28. The van der Waals surface area contributed by atoms with Gasteiger partial charge in [-0.15, -0.1) is 0 Å². The predicted octanol–water partition coefficient (Wildman–Crippen LogP) is -0.798. The van der Waals surface area contributed by atoms with Crippen LogP contribution in [0.3, 0.4) is 0 Å². The largest absolute Gasteiger partial charge is 0.391 e. The van der Waals surface area contributed by atoms with Crippen LogP contribution in [-0.2, 0) is 9.59 Å². The van der Waals surface area contributed by atoms with Gasteiger partial charge in [0.25, 0.3) is 0 Å². The third-order valence-corrected chi connectivity index (χ3v) is 3.01. The number of aliphatic hydroxyl groups excluding tert-OH is 1. The number of carbonyl (C=O) groups excluding carboxylic acids is 2. The molecule has 1 unspecified atom stereocenters. The molecule has 0 aromatic heterocycles. The quantitative estimate of drug-likeness (QED) is 0.652. The molecule has 2 aliphatic heterocycles. The highest BCUT2D eigenvalue weighted by Gasteiger charge is 2.28. The smallest absolute Gasteiger partial charge is 0.242 e. The van der Waals surface area contributed by atoms with E-state index in [1.54, 1.807) is 9.80 Å². The normalized spacial score (nSPS) is 26.5. The number of aliphatic hydroxyl groups is 1. The van der Waals surface area contributed by atoms with Crippen molar-refractivity contribution in [1.82, 2.24) is 9.80 Å². The highest BCUT2D eigenvalue weighted by Crippen LogP contribution is 2.12. The van der Waals surface area contributed by atoms with Gasteiger partial charge in [-0.05, 0) is 12.8 Å². The lowest BCUT2D eigenvalue weighted by Crippen LogP contribution is -2.40. The van der Waals surface area contributed by atoms with Gasteiger partial charge in [-0.25, -0.2) is 0 Å². The summed E-state index contributed by atoms with van der Waals surface area (Å²) in [5.41, 5.74) is 0. The molecule has 1 N–H and O–H groups in total. The highest BCUT2D eigenvalue weighted by molar-refractivity contribution is 5.86. The first-order chi connectivity index (χ1) is 7.16. The molecule has 0 bridgehead atoms. The van der Waals surface area contributed by atoms with E-state index >= 15 is 0 Å². The second kappa shape index (κ2) is 4.18. The van der Waals surface area contributed by atoms with Gasteiger partial charge in [-0.3, -0.25) is 9.59 Å². The van der Waals surface area contributed by atoms with E-state index in [0.717, 1.165) is 6.42 Å². The Morgan fingerprint density at radius 1 is 1.47 bits per heavy atom. The van der Waals surface area contributed by atoms with E-state index in [2.05, 4.69) is 0 Å². The zero-order valence-electron chi connectivity index (χ0n) is 8.69. The van der Waals surface area contributed by atoms with Crippen molar-refractivity contribution in [3.05, 3.63) is 0 Å². The van der Waals surface area contributed by atoms with Gasteiger partial charge in [0.1, 0.15) is 0 Å². The molecule has 15 heavy (non-hydrogen) atoms. The van der Waals surface area contributed by atoms with Crippen molar-refractivity contribution in [3.63, 3.8) is 0 Å². The summed E-state index contributed by atoms with van der Waals surface area (Å²) in [4.78, 5) is 26.2. The third-order valence-electron chi connectivity index (χ3n) is 3.01. The zero-order chi connectivity index (χ0) is 10.8. The first-order valence-electron chi connectivity index (χ1n) is 5.40. The van der Waals surface area contributed by atoms with Crippen LogP contribution in [0, 0.1) is 0 Å². The topological polar surface area (TPSA) is 60.9 Å². The van der Waals surface area contributed by atoms with Crippen LogP contribution in [0.25, 0.3) is 0 Å². The lowest BCUT2D eigenvalue weighted by Gasteiger charge is -2.20. The minimum Gasteiger partial charge on any atom is -0.391 e. The number of nitrogens with zero attached hydrogens (tertiary/aromatic N) is 2. The van der Waals surface area contributed by atoms with Crippen LogP contribution in [0.5, 0.6) is 0 Å². The number of rotatable bonds is 2. The molecular formula is C10H16N2O3. The Balaban J connectivity index is 1.84. The molecule has 5 nitrogen and oxygen atoms in total. The van der Waals surface area contributed by atoms with Gasteiger partial charge in [0.05, 0.1) is 12.6 Å². The molecule has 2 rings (SSSR count). The van der Waals surface area contributed by atoms with Gasteiger partial charge in [0, 0.05) is 26.1 Å². The Morgan fingerprint density at radius 2 is 2.27 bits per heavy atom. The molecule has 0 spiro atoms. The molecule has 2 saturated heterocycles. The summed E-state index contributed by atoms with van der Waals surface area (Å²) in [5.74, 6) is 0.0323. The lowest BCUT2D eigenvalue weighted by atomic mass is 10.3. The van der Waals surface area contributed by atoms with Crippen molar-refractivity contribution < 1.29 is 14.7 Å². The van der Waals surface area contributed by atoms with Crippen LogP contribution >= 0.6 is 0 Å². The molecule has 0 aromatic rings. The van der Waals surface area contributed by atoms with Crippen molar-refractivity contribution in [2.45, 2.75) is 25.4 Å². The van der Waals surface area contributed by atoms with Gasteiger partial charge in [0.2, 0.25) is 11.8 Å². The van der Waals surface area contributed by atoms with E-state index in [4.69, 9.17) is 0 Å². The number of likely N-dealkylation sites (tertiary alicyclic amines) is 2. The molecular weight excluding hydrogens is 196 g/mol. The van der Waals surface area contributed by atoms with Crippen LogP contribution in [0.1, 0.15) is 19.3 Å². The highest BCUT2D eigenvalue weighted by atomic mass is 16.3. The fraction of sp³-hybridized carbons (Fsp3) is 0.800. The monoisotopic (exact) mass is 212 g/mol. The first-order valence-corrected chi connectivity index (χ1v) is 5.40. The maximum absolute atomic E-state index is 11.7. The Labute approximate surface area is 88.6 Å². The number of carbonyl (C=O) groups is 2. The molecule has 2 heterocycles. The Hall–Kier alpha value is -1.10. The molecule has 84 valence electrons. The fourth-order valence-electron chi connectivity index (χ4n) is 2.10. The van der Waals surface area contributed by atoms with Crippen molar-refractivity contribution in [2.75, 3.05) is 26.2 Å². The van der Waals surface area contributed by atoms with E-state index in [-0.39, 0.29) is 24.5 Å². The molecule has 1 atom stereocenters. The molecule has 0 aliphatic carbocycles. The molecule has 5 heteroatoms. The van der Waals surface area contributed by atoms with E-state index < -0.39 is 0 Å². The Kier molecular flexibility index (Phi) is 2.90. The van der Waals surface area contributed by atoms with E-state index in [1.165, 1.54) is 0 Å². The number of β-amino-alcohol motifs (C(OH)–C–C–N with tert-alkyl or cyclic N) is 1. The second-order valence-electron chi connectivity index (χ2n) is 4.20. The molecule has 2 fully saturated rings. The number of hydrogen-bond donors (Lipinski definition) is 1. The summed E-state index contributed by atoms with van der Waals surface area (Å²) in [6.07, 6.45) is 1.69. The van der Waals surface area contributed by atoms with Crippen LogP contribution in [0.2, 0.25) is 0 Å². The maximum atomic E-state index is 11.7.